The van der Waals surface area contributed by atoms with Gasteiger partial charge in [-0.2, -0.15) is 0 Å². The Morgan fingerprint density at radius 3 is 2.48 bits per heavy atom. The number of thiazole rings is 1. The number of amides is 1. The first-order valence-corrected chi connectivity index (χ1v) is 10.1. The average molecular weight is 381 g/mol. The molecule has 140 valence electrons. The number of nitrogens with zero attached hydrogens (tertiary/aromatic N) is 3. The van der Waals surface area contributed by atoms with Crippen molar-refractivity contribution in [3.8, 4) is 0 Å². The molecule has 1 aliphatic rings. The number of primary amides is 1. The summed E-state index contributed by atoms with van der Waals surface area (Å²) in [6.45, 7) is 7.31. The van der Waals surface area contributed by atoms with E-state index in [-0.39, 0.29) is 5.91 Å². The van der Waals surface area contributed by atoms with Gasteiger partial charge < -0.3 is 5.73 Å². The number of nitrogens with two attached hydrogens (primary N) is 1. The minimum Gasteiger partial charge on any atom is -0.366 e. The Bertz CT molecular complexity index is 896. The number of carbonyl (C=O) groups excluding carboxylic acids is 1. The van der Waals surface area contributed by atoms with E-state index in [0.717, 1.165) is 38.2 Å². The van der Waals surface area contributed by atoms with Gasteiger partial charge in [-0.05, 0) is 36.8 Å². The zero-order valence-electron chi connectivity index (χ0n) is 15.5. The zero-order chi connectivity index (χ0) is 18.8. The fourth-order valence-corrected chi connectivity index (χ4v) is 4.62. The Balaban J connectivity index is 1.34. The number of benzene rings is 2. The summed E-state index contributed by atoms with van der Waals surface area (Å²) in [4.78, 5) is 21.0. The maximum Gasteiger partial charge on any atom is 0.248 e. The summed E-state index contributed by atoms with van der Waals surface area (Å²) >= 11 is 1.80. The standard InChI is InChI=1S/C21H24N4OS/c1-15(21-23-18-4-2-3-5-19(18)27-21)25-12-10-24(11-13-25)14-16-6-8-17(9-7-16)20(22)26/h2-9,15H,10-14H2,1H3,(H2,22,26). The molecule has 1 aliphatic heterocycles. The molecule has 6 heteroatoms. The van der Waals surface area contributed by atoms with E-state index in [9.17, 15) is 4.79 Å². The number of fused-ring (bicyclic) bond motifs is 1. The highest BCUT2D eigenvalue weighted by Crippen LogP contribution is 2.30. The summed E-state index contributed by atoms with van der Waals surface area (Å²) in [5, 5.41) is 1.20. The second kappa shape index (κ2) is 7.76. The minimum absolute atomic E-state index is 0.347. The maximum atomic E-state index is 11.2. The van der Waals surface area contributed by atoms with Crippen molar-refractivity contribution in [1.29, 1.82) is 0 Å². The Kier molecular flexibility index (Phi) is 5.20. The van der Waals surface area contributed by atoms with Crippen LogP contribution in [0.3, 0.4) is 0 Å². The van der Waals surface area contributed by atoms with Gasteiger partial charge in [-0.1, -0.05) is 24.3 Å². The summed E-state index contributed by atoms with van der Waals surface area (Å²) in [6.07, 6.45) is 0. The van der Waals surface area contributed by atoms with Crippen molar-refractivity contribution in [3.05, 3.63) is 64.7 Å². The topological polar surface area (TPSA) is 62.5 Å². The van der Waals surface area contributed by atoms with Crippen LogP contribution in [-0.2, 0) is 6.54 Å². The molecule has 0 aliphatic carbocycles. The van der Waals surface area contributed by atoms with Crippen LogP contribution in [0.4, 0.5) is 0 Å². The molecule has 1 fully saturated rings. The van der Waals surface area contributed by atoms with Crippen LogP contribution in [0.15, 0.2) is 48.5 Å². The van der Waals surface area contributed by atoms with Gasteiger partial charge in [-0.25, -0.2) is 4.98 Å². The third-order valence-electron chi connectivity index (χ3n) is 5.27. The highest BCUT2D eigenvalue weighted by molar-refractivity contribution is 7.18. The molecular formula is C21H24N4OS. The Hall–Kier alpha value is -2.28. The molecule has 1 saturated heterocycles. The first-order chi connectivity index (χ1) is 13.1. The second-order valence-corrected chi connectivity index (χ2v) is 8.13. The normalized spacial score (nSPS) is 17.2. The lowest BCUT2D eigenvalue weighted by molar-refractivity contribution is 0.0977. The summed E-state index contributed by atoms with van der Waals surface area (Å²) < 4.78 is 1.26. The Morgan fingerprint density at radius 1 is 1.11 bits per heavy atom. The molecule has 1 unspecified atom stereocenters. The van der Waals surface area contributed by atoms with Crippen LogP contribution >= 0.6 is 11.3 Å². The van der Waals surface area contributed by atoms with Crippen molar-refractivity contribution in [3.63, 3.8) is 0 Å². The summed E-state index contributed by atoms with van der Waals surface area (Å²) in [7, 11) is 0. The van der Waals surface area contributed by atoms with Crippen LogP contribution < -0.4 is 5.73 Å². The highest BCUT2D eigenvalue weighted by Gasteiger charge is 2.24. The Labute approximate surface area is 163 Å². The van der Waals surface area contributed by atoms with Crippen molar-refractivity contribution in [2.45, 2.75) is 19.5 Å². The fraction of sp³-hybridized carbons (Fsp3) is 0.333. The summed E-state index contributed by atoms with van der Waals surface area (Å²) in [5.41, 5.74) is 8.18. The Morgan fingerprint density at radius 2 is 1.81 bits per heavy atom. The number of rotatable bonds is 5. The highest BCUT2D eigenvalue weighted by atomic mass is 32.1. The molecule has 1 aromatic heterocycles. The number of hydrogen-bond donors (Lipinski definition) is 1. The van der Waals surface area contributed by atoms with E-state index >= 15 is 0 Å². The van der Waals surface area contributed by atoms with E-state index in [1.54, 1.807) is 11.3 Å². The van der Waals surface area contributed by atoms with E-state index in [2.05, 4.69) is 34.9 Å². The van der Waals surface area contributed by atoms with E-state index in [1.165, 1.54) is 15.3 Å². The third-order valence-corrected chi connectivity index (χ3v) is 6.47. The molecule has 0 radical (unpaired) electrons. The molecule has 3 aromatic rings. The van der Waals surface area contributed by atoms with Crippen LogP contribution in [0.1, 0.15) is 33.9 Å². The van der Waals surface area contributed by atoms with Crippen LogP contribution in [0.2, 0.25) is 0 Å². The number of hydrogen-bond acceptors (Lipinski definition) is 5. The van der Waals surface area contributed by atoms with Gasteiger partial charge in [0.05, 0.1) is 16.3 Å². The molecule has 27 heavy (non-hydrogen) atoms. The molecule has 1 atom stereocenters. The number of carbonyl (C=O) groups is 1. The summed E-state index contributed by atoms with van der Waals surface area (Å²) in [6, 6.07) is 16.3. The molecular weight excluding hydrogens is 356 g/mol. The van der Waals surface area contributed by atoms with Crippen molar-refractivity contribution < 1.29 is 4.79 Å². The lowest BCUT2D eigenvalue weighted by Gasteiger charge is -2.37. The van der Waals surface area contributed by atoms with E-state index in [4.69, 9.17) is 10.7 Å². The van der Waals surface area contributed by atoms with Gasteiger partial charge in [-0.3, -0.25) is 14.6 Å². The molecule has 0 saturated carbocycles. The SMILES string of the molecule is CC(c1nc2ccccc2s1)N1CCN(Cc2ccc(C(N)=O)cc2)CC1. The van der Waals surface area contributed by atoms with Gasteiger partial charge >= 0.3 is 0 Å². The molecule has 2 heterocycles. The number of para-hydroxylation sites is 1. The van der Waals surface area contributed by atoms with Crippen LogP contribution in [0.25, 0.3) is 10.2 Å². The molecule has 2 aromatic carbocycles. The smallest absolute Gasteiger partial charge is 0.248 e. The molecule has 1 amide bonds. The first kappa shape index (κ1) is 18.1. The zero-order valence-corrected chi connectivity index (χ0v) is 16.3. The monoisotopic (exact) mass is 380 g/mol. The van der Waals surface area contributed by atoms with Crippen molar-refractivity contribution in [1.82, 2.24) is 14.8 Å². The largest absolute Gasteiger partial charge is 0.366 e. The van der Waals surface area contributed by atoms with E-state index in [1.807, 2.05) is 30.3 Å². The number of aromatic nitrogens is 1. The lowest BCUT2D eigenvalue weighted by Crippen LogP contribution is -2.46. The van der Waals surface area contributed by atoms with Crippen LogP contribution in [0, 0.1) is 0 Å². The van der Waals surface area contributed by atoms with Gasteiger partial charge in [0, 0.05) is 38.3 Å². The lowest BCUT2D eigenvalue weighted by atomic mass is 10.1. The molecule has 2 N–H and O–H groups in total. The minimum atomic E-state index is -0.376. The second-order valence-electron chi connectivity index (χ2n) is 7.07. The van der Waals surface area contributed by atoms with Crippen molar-refractivity contribution in [2.75, 3.05) is 26.2 Å². The first-order valence-electron chi connectivity index (χ1n) is 9.31. The predicted octanol–water partition coefficient (Wildman–Crippen LogP) is 3.27. The average Bonchev–Trinajstić information content (AvgIpc) is 3.13. The van der Waals surface area contributed by atoms with Gasteiger partial charge in [0.2, 0.25) is 5.91 Å². The maximum absolute atomic E-state index is 11.2. The molecule has 5 nitrogen and oxygen atoms in total. The van der Waals surface area contributed by atoms with Gasteiger partial charge in [0.1, 0.15) is 5.01 Å². The molecule has 4 rings (SSSR count). The quantitative estimate of drug-likeness (QED) is 0.738. The van der Waals surface area contributed by atoms with Gasteiger partial charge in [0.15, 0.2) is 0 Å². The predicted molar refractivity (Wildman–Crippen MR) is 110 cm³/mol. The van der Waals surface area contributed by atoms with Crippen LogP contribution in [-0.4, -0.2) is 46.9 Å². The van der Waals surface area contributed by atoms with Crippen molar-refractivity contribution >= 4 is 27.5 Å². The fourth-order valence-electron chi connectivity index (χ4n) is 3.57. The summed E-state index contributed by atoms with van der Waals surface area (Å²) in [5.74, 6) is -0.376. The van der Waals surface area contributed by atoms with Crippen LogP contribution in [0.5, 0.6) is 0 Å². The molecule has 0 spiro atoms. The third kappa shape index (κ3) is 4.03. The number of piperazine rings is 1. The van der Waals surface area contributed by atoms with E-state index in [0.29, 0.717) is 11.6 Å². The van der Waals surface area contributed by atoms with Gasteiger partial charge in [-0.15, -0.1) is 11.3 Å². The van der Waals surface area contributed by atoms with Gasteiger partial charge in [0.25, 0.3) is 0 Å². The molecule has 0 bridgehead atoms. The van der Waals surface area contributed by atoms with E-state index < -0.39 is 0 Å². The van der Waals surface area contributed by atoms with Crippen molar-refractivity contribution in [2.24, 2.45) is 5.73 Å².